The number of carbonyl (C=O) groups excluding carboxylic acids is 1. The summed E-state index contributed by atoms with van der Waals surface area (Å²) in [6.07, 6.45) is 0.937. The number of nitrogens with zero attached hydrogens (tertiary/aromatic N) is 2. The first-order valence-corrected chi connectivity index (χ1v) is 10.4. The number of carbonyl (C=O) groups is 1. The van der Waals surface area contributed by atoms with Crippen molar-refractivity contribution in [1.82, 2.24) is 9.80 Å². The van der Waals surface area contributed by atoms with Gasteiger partial charge in [-0.25, -0.2) is 4.39 Å². The predicted molar refractivity (Wildman–Crippen MR) is 114 cm³/mol. The van der Waals surface area contributed by atoms with E-state index in [0.29, 0.717) is 23.2 Å². The lowest BCUT2D eigenvalue weighted by Gasteiger charge is -2.42. The molecule has 2 aromatic carbocycles. The summed E-state index contributed by atoms with van der Waals surface area (Å²) in [4.78, 5) is 17.1. The number of hydrogen-bond donors (Lipinski definition) is 0. The monoisotopic (exact) mass is 418 g/mol. The summed E-state index contributed by atoms with van der Waals surface area (Å²) in [5.74, 6) is 0.908. The summed E-state index contributed by atoms with van der Waals surface area (Å²) in [6.45, 7) is 7.40. The Morgan fingerprint density at radius 3 is 2.48 bits per heavy atom. The molecule has 1 aliphatic rings. The molecule has 0 aromatic heterocycles. The fourth-order valence-electron chi connectivity index (χ4n) is 3.74. The zero-order valence-electron chi connectivity index (χ0n) is 17.0. The maximum absolute atomic E-state index is 13.1. The van der Waals surface area contributed by atoms with Crippen molar-refractivity contribution < 1.29 is 13.9 Å². The lowest BCUT2D eigenvalue weighted by molar-refractivity contribution is -0.139. The van der Waals surface area contributed by atoms with Gasteiger partial charge in [-0.2, -0.15) is 0 Å². The van der Waals surface area contributed by atoms with Gasteiger partial charge in [0.15, 0.2) is 6.61 Å². The molecule has 0 spiro atoms. The van der Waals surface area contributed by atoms with Gasteiger partial charge < -0.3 is 9.64 Å². The number of rotatable bonds is 7. The molecule has 0 saturated carbocycles. The highest BCUT2D eigenvalue weighted by molar-refractivity contribution is 6.30. The molecule has 2 aromatic rings. The molecule has 1 amide bonds. The summed E-state index contributed by atoms with van der Waals surface area (Å²) < 4.78 is 18.8. The zero-order chi connectivity index (χ0) is 20.8. The maximum atomic E-state index is 13.1. The third-order valence-electron chi connectivity index (χ3n) is 5.13. The lowest BCUT2D eigenvalue weighted by atomic mass is 9.99. The van der Waals surface area contributed by atoms with Crippen LogP contribution in [-0.2, 0) is 11.3 Å². The average molecular weight is 419 g/mol. The van der Waals surface area contributed by atoms with Gasteiger partial charge in [0, 0.05) is 37.2 Å². The normalized spacial score (nSPS) is 17.6. The first kappa shape index (κ1) is 21.6. The van der Waals surface area contributed by atoms with Crippen LogP contribution in [0.1, 0.15) is 25.8 Å². The highest BCUT2D eigenvalue weighted by atomic mass is 35.5. The van der Waals surface area contributed by atoms with E-state index in [0.717, 1.165) is 31.6 Å². The molecule has 0 aliphatic carbocycles. The molecule has 0 unspecified atom stereocenters. The van der Waals surface area contributed by atoms with E-state index in [4.69, 9.17) is 16.3 Å². The van der Waals surface area contributed by atoms with Gasteiger partial charge in [-0.15, -0.1) is 0 Å². The topological polar surface area (TPSA) is 32.8 Å². The molecule has 29 heavy (non-hydrogen) atoms. The Bertz CT molecular complexity index is 796. The minimum atomic E-state index is -0.220. The van der Waals surface area contributed by atoms with E-state index in [9.17, 15) is 9.18 Å². The Hall–Kier alpha value is -2.11. The average Bonchev–Trinajstić information content (AvgIpc) is 2.69. The van der Waals surface area contributed by atoms with Gasteiger partial charge in [-0.1, -0.05) is 37.6 Å². The van der Waals surface area contributed by atoms with Crippen molar-refractivity contribution in [2.24, 2.45) is 5.92 Å². The van der Waals surface area contributed by atoms with E-state index in [1.165, 1.54) is 12.1 Å². The van der Waals surface area contributed by atoms with Crippen LogP contribution < -0.4 is 4.74 Å². The van der Waals surface area contributed by atoms with Crippen molar-refractivity contribution in [3.8, 4) is 5.75 Å². The Morgan fingerprint density at radius 2 is 1.83 bits per heavy atom. The molecule has 4 nitrogen and oxygen atoms in total. The number of ether oxygens (including phenoxy) is 1. The van der Waals surface area contributed by atoms with Crippen molar-refractivity contribution >= 4 is 17.5 Å². The van der Waals surface area contributed by atoms with Crippen LogP contribution in [0, 0.1) is 11.7 Å². The summed E-state index contributed by atoms with van der Waals surface area (Å²) >= 11 is 5.89. The fraction of sp³-hybridized carbons (Fsp3) is 0.435. The largest absolute Gasteiger partial charge is 0.484 e. The molecule has 3 rings (SSSR count). The number of hydrogen-bond acceptors (Lipinski definition) is 3. The van der Waals surface area contributed by atoms with Crippen LogP contribution in [0.4, 0.5) is 4.39 Å². The standard InChI is InChI=1S/C23H28ClFN2O2/c1-17(2)13-21-15-26(14-18-3-7-20(25)8-4-18)11-12-27(21)23(28)16-29-22-9-5-19(24)6-10-22/h3-10,17,21H,11-16H2,1-2H3/t21-/m0/s1. The van der Waals surface area contributed by atoms with Gasteiger partial charge in [-0.3, -0.25) is 9.69 Å². The second kappa shape index (κ2) is 10.1. The zero-order valence-corrected chi connectivity index (χ0v) is 17.7. The summed E-state index contributed by atoms with van der Waals surface area (Å²) in [5, 5.41) is 0.637. The van der Waals surface area contributed by atoms with E-state index in [-0.39, 0.29) is 24.4 Å². The predicted octanol–water partition coefficient (Wildman–Crippen LogP) is 4.62. The Labute approximate surface area is 177 Å². The van der Waals surface area contributed by atoms with Gasteiger partial charge in [-0.05, 0) is 54.3 Å². The van der Waals surface area contributed by atoms with Crippen LogP contribution in [-0.4, -0.2) is 48.0 Å². The number of benzene rings is 2. The van der Waals surface area contributed by atoms with Crippen LogP contribution in [0.15, 0.2) is 48.5 Å². The molecular weight excluding hydrogens is 391 g/mol. The molecule has 0 radical (unpaired) electrons. The van der Waals surface area contributed by atoms with Crippen molar-refractivity contribution in [2.45, 2.75) is 32.9 Å². The molecule has 6 heteroatoms. The minimum absolute atomic E-state index is 0.00651. The van der Waals surface area contributed by atoms with Crippen LogP contribution >= 0.6 is 11.6 Å². The molecule has 1 heterocycles. The summed E-state index contributed by atoms with van der Waals surface area (Å²) in [5.41, 5.74) is 1.08. The number of piperazine rings is 1. The Balaban J connectivity index is 1.59. The third-order valence-corrected chi connectivity index (χ3v) is 5.38. The maximum Gasteiger partial charge on any atom is 0.260 e. The third kappa shape index (κ3) is 6.44. The van der Waals surface area contributed by atoms with Crippen LogP contribution in [0.2, 0.25) is 5.02 Å². The van der Waals surface area contributed by atoms with E-state index in [1.807, 2.05) is 17.0 Å². The molecular formula is C23H28ClFN2O2. The SMILES string of the molecule is CC(C)C[C@H]1CN(Cc2ccc(F)cc2)CCN1C(=O)COc1ccc(Cl)cc1. The van der Waals surface area contributed by atoms with Gasteiger partial charge in [0.1, 0.15) is 11.6 Å². The van der Waals surface area contributed by atoms with E-state index in [1.54, 1.807) is 24.3 Å². The molecule has 1 saturated heterocycles. The second-order valence-corrected chi connectivity index (χ2v) is 8.41. The van der Waals surface area contributed by atoms with Gasteiger partial charge in [0.2, 0.25) is 0 Å². The van der Waals surface area contributed by atoms with E-state index >= 15 is 0 Å². The van der Waals surface area contributed by atoms with Crippen molar-refractivity contribution in [1.29, 1.82) is 0 Å². The first-order chi connectivity index (χ1) is 13.9. The highest BCUT2D eigenvalue weighted by Crippen LogP contribution is 2.21. The van der Waals surface area contributed by atoms with Gasteiger partial charge in [0.25, 0.3) is 5.91 Å². The van der Waals surface area contributed by atoms with Crippen LogP contribution in [0.25, 0.3) is 0 Å². The van der Waals surface area contributed by atoms with E-state index in [2.05, 4.69) is 18.7 Å². The summed E-state index contributed by atoms with van der Waals surface area (Å²) in [7, 11) is 0. The Kier molecular flexibility index (Phi) is 7.51. The fourth-order valence-corrected chi connectivity index (χ4v) is 3.87. The number of halogens is 2. The first-order valence-electron chi connectivity index (χ1n) is 10.1. The quantitative estimate of drug-likeness (QED) is 0.657. The van der Waals surface area contributed by atoms with E-state index < -0.39 is 0 Å². The molecule has 0 N–H and O–H groups in total. The second-order valence-electron chi connectivity index (χ2n) is 7.97. The highest BCUT2D eigenvalue weighted by Gasteiger charge is 2.31. The van der Waals surface area contributed by atoms with Crippen molar-refractivity contribution in [3.05, 3.63) is 64.9 Å². The van der Waals surface area contributed by atoms with Crippen molar-refractivity contribution in [2.75, 3.05) is 26.2 Å². The Morgan fingerprint density at radius 1 is 1.14 bits per heavy atom. The lowest BCUT2D eigenvalue weighted by Crippen LogP contribution is -2.56. The molecule has 1 fully saturated rings. The minimum Gasteiger partial charge on any atom is -0.484 e. The van der Waals surface area contributed by atoms with Crippen molar-refractivity contribution in [3.63, 3.8) is 0 Å². The molecule has 1 aliphatic heterocycles. The summed E-state index contributed by atoms with van der Waals surface area (Å²) in [6, 6.07) is 13.8. The van der Waals surface area contributed by atoms with Crippen LogP contribution in [0.5, 0.6) is 5.75 Å². The smallest absolute Gasteiger partial charge is 0.260 e. The van der Waals surface area contributed by atoms with Gasteiger partial charge >= 0.3 is 0 Å². The molecule has 156 valence electrons. The number of amides is 1. The van der Waals surface area contributed by atoms with Gasteiger partial charge in [0.05, 0.1) is 0 Å². The van der Waals surface area contributed by atoms with Crippen LogP contribution in [0.3, 0.4) is 0 Å². The molecule has 0 bridgehead atoms. The molecule has 1 atom stereocenters.